The van der Waals surface area contributed by atoms with E-state index in [1.54, 1.807) is 4.57 Å². The van der Waals surface area contributed by atoms with Gasteiger partial charge in [0, 0.05) is 0 Å². The highest BCUT2D eigenvalue weighted by atomic mass is 35.5. The fourth-order valence-corrected chi connectivity index (χ4v) is 3.86. The molecule has 1 fully saturated rings. The second-order valence-electron chi connectivity index (χ2n) is 6.85. The van der Waals surface area contributed by atoms with E-state index in [2.05, 4.69) is 10.3 Å². The Balaban J connectivity index is 0.00000210. The van der Waals surface area contributed by atoms with E-state index in [0.717, 1.165) is 41.8 Å². The minimum atomic E-state index is -0.756. The van der Waals surface area contributed by atoms with Gasteiger partial charge in [0.25, 0.3) is 0 Å². The van der Waals surface area contributed by atoms with Crippen LogP contribution >= 0.6 is 12.4 Å². The van der Waals surface area contributed by atoms with Crippen LogP contribution in [0.25, 0.3) is 16.7 Å². The molecule has 2 aromatic carbocycles. The molecule has 0 saturated carbocycles. The van der Waals surface area contributed by atoms with Gasteiger partial charge in [-0.15, -0.1) is 12.4 Å². The van der Waals surface area contributed by atoms with Gasteiger partial charge < -0.3 is 15.4 Å². The summed E-state index contributed by atoms with van der Waals surface area (Å²) < 4.78 is 1.63. The predicted octanol–water partition coefficient (Wildman–Crippen LogP) is 2.59. The summed E-state index contributed by atoms with van der Waals surface area (Å²) in [5, 5.41) is 12.9. The van der Waals surface area contributed by atoms with Crippen molar-refractivity contribution in [3.63, 3.8) is 0 Å². The minimum Gasteiger partial charge on any atom is -0.481 e. The molecule has 1 saturated heterocycles. The molecule has 0 bridgehead atoms. The zero-order valence-electron chi connectivity index (χ0n) is 14.7. The molecular formula is C20H22ClN3O3. The number of nitrogens with one attached hydrogen (secondary N) is 2. The summed E-state index contributed by atoms with van der Waals surface area (Å²) in [5.74, 6) is -1.03. The van der Waals surface area contributed by atoms with E-state index in [9.17, 15) is 14.7 Å². The van der Waals surface area contributed by atoms with E-state index in [-0.39, 0.29) is 24.0 Å². The largest absolute Gasteiger partial charge is 0.481 e. The van der Waals surface area contributed by atoms with Crippen LogP contribution in [0.3, 0.4) is 0 Å². The molecule has 0 spiro atoms. The van der Waals surface area contributed by atoms with Gasteiger partial charge in [0.2, 0.25) is 0 Å². The summed E-state index contributed by atoms with van der Waals surface area (Å²) in [6.45, 7) is 1.62. The Hall–Kier alpha value is -2.57. The number of fused-ring (bicyclic) bond motifs is 1. The fourth-order valence-electron chi connectivity index (χ4n) is 3.86. The third-order valence-corrected chi connectivity index (χ3v) is 5.20. The number of hydrogen-bond acceptors (Lipinski definition) is 3. The van der Waals surface area contributed by atoms with Crippen molar-refractivity contribution in [2.45, 2.75) is 12.8 Å². The van der Waals surface area contributed by atoms with Gasteiger partial charge in [-0.05, 0) is 61.7 Å². The lowest BCUT2D eigenvalue weighted by Crippen LogP contribution is -2.27. The summed E-state index contributed by atoms with van der Waals surface area (Å²) in [6, 6.07) is 15.1. The Bertz CT molecular complexity index is 1000. The normalized spacial score (nSPS) is 17.6. The third kappa shape index (κ3) is 3.77. The van der Waals surface area contributed by atoms with Gasteiger partial charge >= 0.3 is 11.7 Å². The monoisotopic (exact) mass is 387 g/mol. The van der Waals surface area contributed by atoms with Crippen molar-refractivity contribution in [1.82, 2.24) is 14.9 Å². The van der Waals surface area contributed by atoms with Crippen molar-refractivity contribution in [1.29, 1.82) is 0 Å². The molecular weight excluding hydrogens is 366 g/mol. The first-order chi connectivity index (χ1) is 12.6. The number of halogens is 1. The van der Waals surface area contributed by atoms with Gasteiger partial charge in [-0.1, -0.05) is 24.3 Å². The molecule has 142 valence electrons. The van der Waals surface area contributed by atoms with Gasteiger partial charge in [-0.25, -0.2) is 4.79 Å². The van der Waals surface area contributed by atoms with Crippen LogP contribution < -0.4 is 11.0 Å². The molecule has 1 aromatic heterocycles. The van der Waals surface area contributed by atoms with E-state index in [1.807, 2.05) is 48.5 Å². The van der Waals surface area contributed by atoms with E-state index in [1.165, 1.54) is 0 Å². The topological polar surface area (TPSA) is 87.1 Å². The molecule has 1 aliphatic heterocycles. The molecule has 2 atom stereocenters. The lowest BCUT2D eigenvalue weighted by Gasteiger charge is -2.19. The van der Waals surface area contributed by atoms with Gasteiger partial charge in [0.05, 0.1) is 22.6 Å². The predicted molar refractivity (Wildman–Crippen MR) is 107 cm³/mol. The maximum atomic E-state index is 12.4. The Morgan fingerprint density at radius 1 is 1.22 bits per heavy atom. The van der Waals surface area contributed by atoms with Crippen LogP contribution in [0.2, 0.25) is 0 Å². The molecule has 2 heterocycles. The van der Waals surface area contributed by atoms with Crippen LogP contribution in [0.1, 0.15) is 12.0 Å². The van der Waals surface area contributed by atoms with E-state index >= 15 is 0 Å². The third-order valence-electron chi connectivity index (χ3n) is 5.20. The highest BCUT2D eigenvalue weighted by molar-refractivity contribution is 5.85. The Labute approximate surface area is 162 Å². The van der Waals surface area contributed by atoms with Crippen molar-refractivity contribution in [2.24, 2.45) is 11.8 Å². The molecule has 4 rings (SSSR count). The molecule has 0 amide bonds. The standard InChI is InChI=1S/C20H21N3O3.ClH/c24-19(25)16(14-8-9-21-12-14)11-13-4-3-5-15(10-13)23-18-7-2-1-6-17(18)22-20(23)26;/h1-7,10,14,16,21H,8-9,11-12H2,(H,22,26)(H,24,25);1H/t14-,16-;/m0./s1. The number of imidazole rings is 1. The van der Waals surface area contributed by atoms with Crippen molar-refractivity contribution < 1.29 is 9.90 Å². The summed E-state index contributed by atoms with van der Waals surface area (Å²) in [4.78, 5) is 27.0. The fraction of sp³-hybridized carbons (Fsp3) is 0.300. The lowest BCUT2D eigenvalue weighted by atomic mass is 9.86. The summed E-state index contributed by atoms with van der Waals surface area (Å²) in [6.07, 6.45) is 1.35. The number of rotatable bonds is 5. The zero-order chi connectivity index (χ0) is 18.1. The second-order valence-corrected chi connectivity index (χ2v) is 6.85. The first-order valence-corrected chi connectivity index (χ1v) is 8.86. The average Bonchev–Trinajstić information content (AvgIpc) is 3.26. The quantitative estimate of drug-likeness (QED) is 0.628. The number of aromatic amines is 1. The molecule has 7 heteroatoms. The van der Waals surface area contributed by atoms with Crippen molar-refractivity contribution in [3.8, 4) is 5.69 Å². The number of aromatic nitrogens is 2. The van der Waals surface area contributed by atoms with Crippen LogP contribution in [-0.2, 0) is 11.2 Å². The van der Waals surface area contributed by atoms with Crippen LogP contribution in [-0.4, -0.2) is 33.7 Å². The van der Waals surface area contributed by atoms with E-state index in [0.29, 0.717) is 6.42 Å². The highest BCUT2D eigenvalue weighted by Crippen LogP contribution is 2.25. The Kier molecular flexibility index (Phi) is 5.68. The smallest absolute Gasteiger partial charge is 0.331 e. The summed E-state index contributed by atoms with van der Waals surface area (Å²) in [7, 11) is 0. The van der Waals surface area contributed by atoms with Crippen molar-refractivity contribution >= 4 is 29.4 Å². The number of hydrogen-bond donors (Lipinski definition) is 3. The van der Waals surface area contributed by atoms with Crippen LogP contribution in [0.5, 0.6) is 0 Å². The molecule has 6 nitrogen and oxygen atoms in total. The van der Waals surface area contributed by atoms with Gasteiger partial charge in [-0.2, -0.15) is 0 Å². The summed E-state index contributed by atoms with van der Waals surface area (Å²) in [5.41, 5.74) is 3.07. The maximum Gasteiger partial charge on any atom is 0.331 e. The number of aliphatic carboxylic acids is 1. The number of H-pyrrole nitrogens is 1. The average molecular weight is 388 g/mol. The molecule has 3 aromatic rings. The first kappa shape index (κ1) is 19.2. The van der Waals surface area contributed by atoms with Crippen LogP contribution in [0.15, 0.2) is 53.3 Å². The molecule has 0 aliphatic carbocycles. The van der Waals surface area contributed by atoms with Gasteiger partial charge in [0.1, 0.15) is 0 Å². The molecule has 3 N–H and O–H groups in total. The van der Waals surface area contributed by atoms with Crippen molar-refractivity contribution in [2.75, 3.05) is 13.1 Å². The SMILES string of the molecule is Cl.O=C(O)[C@@H](Cc1cccc(-n2c(=O)[nH]c3ccccc32)c1)[C@H]1CCNC1. The van der Waals surface area contributed by atoms with Crippen molar-refractivity contribution in [3.05, 3.63) is 64.6 Å². The number of carbonyl (C=O) groups is 1. The number of benzene rings is 2. The van der Waals surface area contributed by atoms with Crippen LogP contribution in [0.4, 0.5) is 0 Å². The minimum absolute atomic E-state index is 0. The van der Waals surface area contributed by atoms with Crippen LogP contribution in [0, 0.1) is 11.8 Å². The second kappa shape index (κ2) is 7.98. The Morgan fingerprint density at radius 2 is 2.04 bits per heavy atom. The highest BCUT2D eigenvalue weighted by Gasteiger charge is 2.30. The van der Waals surface area contributed by atoms with E-state index in [4.69, 9.17) is 0 Å². The maximum absolute atomic E-state index is 12.4. The number of carboxylic acids is 1. The molecule has 0 unspecified atom stereocenters. The molecule has 0 radical (unpaired) electrons. The van der Waals surface area contributed by atoms with Gasteiger partial charge in [-0.3, -0.25) is 9.36 Å². The first-order valence-electron chi connectivity index (χ1n) is 8.86. The number of carboxylic acid groups (broad SMARTS) is 1. The molecule has 1 aliphatic rings. The molecule has 27 heavy (non-hydrogen) atoms. The summed E-state index contributed by atoms with van der Waals surface area (Å²) >= 11 is 0. The van der Waals surface area contributed by atoms with E-state index < -0.39 is 11.9 Å². The zero-order valence-corrected chi connectivity index (χ0v) is 15.5. The Morgan fingerprint density at radius 3 is 2.78 bits per heavy atom. The number of para-hydroxylation sites is 2. The lowest BCUT2D eigenvalue weighted by molar-refractivity contribution is -0.143. The number of nitrogens with zero attached hydrogens (tertiary/aromatic N) is 1. The van der Waals surface area contributed by atoms with Gasteiger partial charge in [0.15, 0.2) is 0 Å².